The summed E-state index contributed by atoms with van der Waals surface area (Å²) >= 11 is 0. The van der Waals surface area contributed by atoms with Crippen molar-refractivity contribution in [2.45, 2.75) is 45.6 Å². The van der Waals surface area contributed by atoms with Gasteiger partial charge in [0.2, 0.25) is 5.91 Å². The van der Waals surface area contributed by atoms with Crippen molar-refractivity contribution < 1.29 is 14.5 Å². The van der Waals surface area contributed by atoms with Crippen molar-refractivity contribution in [1.82, 2.24) is 4.90 Å². The van der Waals surface area contributed by atoms with E-state index in [2.05, 4.69) is 19.2 Å². The molecule has 2 aromatic carbocycles. The van der Waals surface area contributed by atoms with Crippen molar-refractivity contribution in [3.8, 4) is 0 Å². The van der Waals surface area contributed by atoms with E-state index in [1.165, 1.54) is 23.8 Å². The van der Waals surface area contributed by atoms with Crippen LogP contribution < -0.4 is 5.32 Å². The number of nitro groups is 1. The van der Waals surface area contributed by atoms with Gasteiger partial charge in [0.15, 0.2) is 0 Å². The first-order chi connectivity index (χ1) is 13.8. The van der Waals surface area contributed by atoms with Crippen LogP contribution in [0.1, 0.15) is 54.1 Å². The van der Waals surface area contributed by atoms with Crippen LogP contribution in [0, 0.1) is 17.0 Å². The summed E-state index contributed by atoms with van der Waals surface area (Å²) in [6.45, 7) is 6.30. The van der Waals surface area contributed by atoms with Gasteiger partial charge in [0.1, 0.15) is 6.04 Å². The second-order valence-electron chi connectivity index (χ2n) is 7.68. The summed E-state index contributed by atoms with van der Waals surface area (Å²) in [7, 11) is 0. The third kappa shape index (κ3) is 4.45. The number of carbonyl (C=O) groups is 2. The van der Waals surface area contributed by atoms with E-state index < -0.39 is 11.0 Å². The average molecular weight is 395 g/mol. The minimum Gasteiger partial charge on any atom is -0.327 e. The molecule has 0 spiro atoms. The van der Waals surface area contributed by atoms with Crippen molar-refractivity contribution in [1.29, 1.82) is 0 Å². The molecule has 29 heavy (non-hydrogen) atoms. The minimum atomic E-state index is -0.553. The number of hydrogen-bond acceptors (Lipinski definition) is 4. The molecule has 7 heteroatoms. The fourth-order valence-electron chi connectivity index (χ4n) is 3.62. The van der Waals surface area contributed by atoms with Crippen LogP contribution in [0.2, 0.25) is 0 Å². The highest BCUT2D eigenvalue weighted by atomic mass is 16.6. The number of carbonyl (C=O) groups excluding carboxylic acids is 2. The van der Waals surface area contributed by atoms with Crippen molar-refractivity contribution in [3.05, 3.63) is 69.3 Å². The molecule has 0 radical (unpaired) electrons. The van der Waals surface area contributed by atoms with Crippen molar-refractivity contribution >= 4 is 23.2 Å². The molecule has 1 aliphatic rings. The van der Waals surface area contributed by atoms with Crippen LogP contribution in [0.5, 0.6) is 0 Å². The number of benzene rings is 2. The summed E-state index contributed by atoms with van der Waals surface area (Å²) in [6.07, 6.45) is 1.33. The van der Waals surface area contributed by atoms with Gasteiger partial charge in [0.05, 0.1) is 4.92 Å². The van der Waals surface area contributed by atoms with Crippen molar-refractivity contribution in [2.75, 3.05) is 11.9 Å². The normalized spacial score (nSPS) is 16.1. The Balaban J connectivity index is 1.73. The maximum atomic E-state index is 12.9. The van der Waals surface area contributed by atoms with Gasteiger partial charge in [-0.15, -0.1) is 0 Å². The number of nitrogens with one attached hydrogen (secondary N) is 1. The number of likely N-dealkylation sites (tertiary alicyclic amines) is 1. The maximum absolute atomic E-state index is 12.9. The van der Waals surface area contributed by atoms with E-state index in [0.29, 0.717) is 35.7 Å². The van der Waals surface area contributed by atoms with Crippen molar-refractivity contribution in [2.24, 2.45) is 0 Å². The SMILES string of the molecule is Cc1cc(C(=O)N2CCCC2C(=O)Nc2ccc(C(C)C)cc2)ccc1[N+](=O)[O-]. The molecular weight excluding hydrogens is 370 g/mol. The van der Waals surface area contributed by atoms with E-state index in [1.807, 2.05) is 24.3 Å². The van der Waals surface area contributed by atoms with Crippen LogP contribution in [0.25, 0.3) is 0 Å². The standard InChI is InChI=1S/C22H25N3O4/c1-14(2)16-6-9-18(10-7-16)23-21(26)20-5-4-12-24(20)22(27)17-8-11-19(25(28)29)15(3)13-17/h6-11,13-14,20H,4-5,12H2,1-3H3,(H,23,26). The van der Waals surface area contributed by atoms with Crippen LogP contribution in [-0.2, 0) is 4.79 Å². The first kappa shape index (κ1) is 20.5. The molecule has 0 aliphatic carbocycles. The zero-order chi connectivity index (χ0) is 21.1. The number of aryl methyl sites for hydroxylation is 1. The van der Waals surface area contributed by atoms with Crippen LogP contribution in [-0.4, -0.2) is 34.2 Å². The first-order valence-corrected chi connectivity index (χ1v) is 9.74. The minimum absolute atomic E-state index is 0.0258. The molecule has 1 fully saturated rings. The van der Waals surface area contributed by atoms with E-state index >= 15 is 0 Å². The van der Waals surface area contributed by atoms with Gasteiger partial charge in [0.25, 0.3) is 11.6 Å². The topological polar surface area (TPSA) is 92.6 Å². The molecule has 1 N–H and O–H groups in total. The average Bonchev–Trinajstić information content (AvgIpc) is 3.17. The lowest BCUT2D eigenvalue weighted by molar-refractivity contribution is -0.385. The number of amides is 2. The highest BCUT2D eigenvalue weighted by Gasteiger charge is 2.35. The highest BCUT2D eigenvalue weighted by molar-refractivity contribution is 6.01. The Hall–Kier alpha value is -3.22. The van der Waals surface area contributed by atoms with Gasteiger partial charge < -0.3 is 10.2 Å². The van der Waals surface area contributed by atoms with Crippen LogP contribution >= 0.6 is 0 Å². The van der Waals surface area contributed by atoms with Gasteiger partial charge >= 0.3 is 0 Å². The van der Waals surface area contributed by atoms with E-state index in [0.717, 1.165) is 6.42 Å². The highest BCUT2D eigenvalue weighted by Crippen LogP contribution is 2.25. The lowest BCUT2D eigenvalue weighted by atomic mass is 10.0. The number of hydrogen-bond donors (Lipinski definition) is 1. The number of anilines is 1. The Kier molecular flexibility index (Phi) is 5.96. The van der Waals surface area contributed by atoms with Gasteiger partial charge in [-0.1, -0.05) is 26.0 Å². The van der Waals surface area contributed by atoms with Gasteiger partial charge in [0, 0.05) is 29.4 Å². The zero-order valence-electron chi connectivity index (χ0n) is 16.8. The Morgan fingerprint density at radius 3 is 2.45 bits per heavy atom. The summed E-state index contributed by atoms with van der Waals surface area (Å²) in [5, 5.41) is 13.9. The van der Waals surface area contributed by atoms with Crippen molar-refractivity contribution in [3.63, 3.8) is 0 Å². The fourth-order valence-corrected chi connectivity index (χ4v) is 3.62. The Bertz CT molecular complexity index is 938. The second kappa shape index (κ2) is 8.43. The van der Waals surface area contributed by atoms with Crippen LogP contribution in [0.4, 0.5) is 11.4 Å². The molecule has 1 unspecified atom stereocenters. The molecule has 0 saturated carbocycles. The van der Waals surface area contributed by atoms with Crippen LogP contribution in [0.3, 0.4) is 0 Å². The molecule has 1 heterocycles. The molecule has 2 aromatic rings. The Morgan fingerprint density at radius 1 is 1.17 bits per heavy atom. The maximum Gasteiger partial charge on any atom is 0.272 e. The molecule has 1 saturated heterocycles. The fraction of sp³-hybridized carbons (Fsp3) is 0.364. The lowest BCUT2D eigenvalue weighted by Gasteiger charge is -2.24. The molecule has 1 aliphatic heterocycles. The van der Waals surface area contributed by atoms with Gasteiger partial charge in [-0.3, -0.25) is 19.7 Å². The van der Waals surface area contributed by atoms with Crippen LogP contribution in [0.15, 0.2) is 42.5 Å². The molecule has 2 amide bonds. The van der Waals surface area contributed by atoms with E-state index in [1.54, 1.807) is 11.8 Å². The Labute approximate surface area is 169 Å². The van der Waals surface area contributed by atoms with E-state index in [-0.39, 0.29) is 17.5 Å². The van der Waals surface area contributed by atoms with E-state index in [4.69, 9.17) is 0 Å². The smallest absolute Gasteiger partial charge is 0.272 e. The molecule has 152 valence electrons. The molecule has 1 atom stereocenters. The van der Waals surface area contributed by atoms with Gasteiger partial charge in [-0.2, -0.15) is 0 Å². The zero-order valence-corrected chi connectivity index (χ0v) is 16.8. The predicted molar refractivity (Wildman–Crippen MR) is 111 cm³/mol. The molecule has 0 bridgehead atoms. The predicted octanol–water partition coefficient (Wildman–Crippen LogP) is 4.27. The largest absolute Gasteiger partial charge is 0.327 e. The van der Waals surface area contributed by atoms with E-state index in [9.17, 15) is 19.7 Å². The third-order valence-electron chi connectivity index (χ3n) is 5.30. The summed E-state index contributed by atoms with van der Waals surface area (Å²) in [5.41, 5.74) is 2.64. The number of rotatable bonds is 5. The summed E-state index contributed by atoms with van der Waals surface area (Å²) in [6, 6.07) is 11.5. The second-order valence-corrected chi connectivity index (χ2v) is 7.68. The van der Waals surface area contributed by atoms with Gasteiger partial charge in [-0.05, 0) is 55.5 Å². The molecule has 3 rings (SSSR count). The third-order valence-corrected chi connectivity index (χ3v) is 5.30. The molecule has 7 nitrogen and oxygen atoms in total. The Morgan fingerprint density at radius 2 is 1.86 bits per heavy atom. The molecule has 0 aromatic heterocycles. The summed E-state index contributed by atoms with van der Waals surface area (Å²) in [5.74, 6) is -0.0876. The first-order valence-electron chi connectivity index (χ1n) is 9.74. The summed E-state index contributed by atoms with van der Waals surface area (Å²) in [4.78, 5) is 37.8. The summed E-state index contributed by atoms with van der Waals surface area (Å²) < 4.78 is 0. The number of nitrogens with zero attached hydrogens (tertiary/aromatic N) is 2. The number of nitro benzene ring substituents is 1. The van der Waals surface area contributed by atoms with Gasteiger partial charge in [-0.25, -0.2) is 0 Å². The quantitative estimate of drug-likeness (QED) is 0.604. The lowest BCUT2D eigenvalue weighted by Crippen LogP contribution is -2.43. The monoisotopic (exact) mass is 395 g/mol. The molecular formula is C22H25N3O4.